The van der Waals surface area contributed by atoms with Crippen molar-refractivity contribution < 1.29 is 9.90 Å². The van der Waals surface area contributed by atoms with Crippen molar-refractivity contribution >= 4 is 11.6 Å². The predicted molar refractivity (Wildman–Crippen MR) is 98.1 cm³/mol. The van der Waals surface area contributed by atoms with Crippen molar-refractivity contribution in [2.24, 2.45) is 0 Å². The van der Waals surface area contributed by atoms with Gasteiger partial charge in [0.15, 0.2) is 0 Å². The van der Waals surface area contributed by atoms with Crippen molar-refractivity contribution in [1.29, 1.82) is 0 Å². The van der Waals surface area contributed by atoms with Crippen LogP contribution in [0.2, 0.25) is 0 Å². The molecule has 0 heterocycles. The number of hydrogen-bond acceptors (Lipinski definition) is 3. The molecule has 1 amide bonds. The number of rotatable bonds is 7. The van der Waals surface area contributed by atoms with E-state index in [0.717, 1.165) is 11.3 Å². The highest BCUT2D eigenvalue weighted by Gasteiger charge is 2.14. The van der Waals surface area contributed by atoms with Crippen molar-refractivity contribution in [2.45, 2.75) is 39.5 Å². The molecule has 2 aromatic rings. The number of amides is 1. The summed E-state index contributed by atoms with van der Waals surface area (Å²) in [6.07, 6.45) is -0.378. The standard InChI is InChI=1S/C20H26N2O2/c1-15(2)22(13-16(3)23)14-17-8-7-9-18(12-17)20(24)21-19-10-5-4-6-11-19/h4-12,15-16,23H,13-14H2,1-3H3,(H,21,24). The van der Waals surface area contributed by atoms with E-state index in [4.69, 9.17) is 0 Å². The number of hydrogen-bond donors (Lipinski definition) is 2. The highest BCUT2D eigenvalue weighted by Crippen LogP contribution is 2.13. The van der Waals surface area contributed by atoms with Gasteiger partial charge in [0.2, 0.25) is 0 Å². The molecule has 2 rings (SSSR count). The highest BCUT2D eigenvalue weighted by molar-refractivity contribution is 6.04. The molecule has 128 valence electrons. The van der Waals surface area contributed by atoms with Crippen LogP contribution in [0.25, 0.3) is 0 Å². The van der Waals surface area contributed by atoms with Gasteiger partial charge in [0, 0.05) is 30.4 Å². The minimum atomic E-state index is -0.378. The lowest BCUT2D eigenvalue weighted by atomic mass is 10.1. The van der Waals surface area contributed by atoms with Gasteiger partial charge in [-0.25, -0.2) is 0 Å². The molecule has 2 aromatic carbocycles. The zero-order valence-electron chi connectivity index (χ0n) is 14.6. The molecule has 2 N–H and O–H groups in total. The Morgan fingerprint density at radius 3 is 2.42 bits per heavy atom. The molecule has 4 nitrogen and oxygen atoms in total. The molecular weight excluding hydrogens is 300 g/mol. The first-order valence-corrected chi connectivity index (χ1v) is 8.33. The molecule has 0 aliphatic rings. The summed E-state index contributed by atoms with van der Waals surface area (Å²) in [7, 11) is 0. The van der Waals surface area contributed by atoms with Crippen LogP contribution in [0, 0.1) is 0 Å². The van der Waals surface area contributed by atoms with E-state index in [1.54, 1.807) is 6.92 Å². The fourth-order valence-electron chi connectivity index (χ4n) is 2.57. The van der Waals surface area contributed by atoms with E-state index >= 15 is 0 Å². The van der Waals surface area contributed by atoms with Crippen molar-refractivity contribution in [3.05, 3.63) is 65.7 Å². The maximum Gasteiger partial charge on any atom is 0.255 e. The first-order chi connectivity index (χ1) is 11.5. The van der Waals surface area contributed by atoms with Crippen LogP contribution in [0.1, 0.15) is 36.7 Å². The SMILES string of the molecule is CC(O)CN(Cc1cccc(C(=O)Nc2ccccc2)c1)C(C)C. The number of aliphatic hydroxyl groups is 1. The molecular formula is C20H26N2O2. The fourth-order valence-corrected chi connectivity index (χ4v) is 2.57. The van der Waals surface area contributed by atoms with Crippen LogP contribution in [0.4, 0.5) is 5.69 Å². The molecule has 0 aliphatic carbocycles. The van der Waals surface area contributed by atoms with Gasteiger partial charge in [0.05, 0.1) is 6.10 Å². The Bertz CT molecular complexity index is 654. The summed E-state index contributed by atoms with van der Waals surface area (Å²) in [6, 6.07) is 17.4. The van der Waals surface area contributed by atoms with Gasteiger partial charge in [-0.15, -0.1) is 0 Å². The number of anilines is 1. The Balaban J connectivity index is 2.08. The quantitative estimate of drug-likeness (QED) is 0.818. The van der Waals surface area contributed by atoms with Crippen LogP contribution in [0.3, 0.4) is 0 Å². The molecule has 0 bridgehead atoms. The Hall–Kier alpha value is -2.17. The van der Waals surface area contributed by atoms with Crippen LogP contribution in [0.5, 0.6) is 0 Å². The molecule has 24 heavy (non-hydrogen) atoms. The second-order valence-electron chi connectivity index (χ2n) is 6.39. The topological polar surface area (TPSA) is 52.6 Å². The molecule has 0 radical (unpaired) electrons. The van der Waals surface area contributed by atoms with Crippen molar-refractivity contribution in [3.8, 4) is 0 Å². The normalized spacial score (nSPS) is 12.4. The second kappa shape index (κ2) is 8.62. The van der Waals surface area contributed by atoms with Crippen LogP contribution < -0.4 is 5.32 Å². The minimum absolute atomic E-state index is 0.116. The first kappa shape index (κ1) is 18.2. The average molecular weight is 326 g/mol. The van der Waals surface area contributed by atoms with E-state index in [1.165, 1.54) is 0 Å². The Morgan fingerprint density at radius 1 is 1.08 bits per heavy atom. The molecule has 0 spiro atoms. The summed E-state index contributed by atoms with van der Waals surface area (Å²) < 4.78 is 0. The minimum Gasteiger partial charge on any atom is -0.392 e. The molecule has 0 saturated carbocycles. The van der Waals surface area contributed by atoms with E-state index in [1.807, 2.05) is 54.6 Å². The summed E-state index contributed by atoms with van der Waals surface area (Å²) in [5, 5.41) is 12.6. The van der Waals surface area contributed by atoms with Crippen molar-refractivity contribution in [3.63, 3.8) is 0 Å². The summed E-state index contributed by atoms with van der Waals surface area (Å²) in [4.78, 5) is 14.6. The molecule has 0 aromatic heterocycles. The van der Waals surface area contributed by atoms with Gasteiger partial charge in [-0.3, -0.25) is 9.69 Å². The summed E-state index contributed by atoms with van der Waals surface area (Å²) in [6.45, 7) is 7.31. The van der Waals surface area contributed by atoms with Crippen molar-refractivity contribution in [1.82, 2.24) is 4.90 Å². The number of carbonyl (C=O) groups excluding carboxylic acids is 1. The summed E-state index contributed by atoms with van der Waals surface area (Å²) in [5.74, 6) is -0.116. The summed E-state index contributed by atoms with van der Waals surface area (Å²) in [5.41, 5.74) is 2.48. The van der Waals surface area contributed by atoms with Gasteiger partial charge in [0.1, 0.15) is 0 Å². The lowest BCUT2D eigenvalue weighted by Gasteiger charge is -2.27. The van der Waals surface area contributed by atoms with Gasteiger partial charge in [-0.05, 0) is 50.6 Å². The zero-order chi connectivity index (χ0) is 17.5. The Labute approximate surface area is 144 Å². The van der Waals surface area contributed by atoms with Crippen LogP contribution >= 0.6 is 0 Å². The number of carbonyl (C=O) groups is 1. The third-order valence-corrected chi connectivity index (χ3v) is 3.84. The van der Waals surface area contributed by atoms with Gasteiger partial charge in [-0.1, -0.05) is 30.3 Å². The molecule has 0 saturated heterocycles. The molecule has 1 atom stereocenters. The Kier molecular flexibility index (Phi) is 6.53. The van der Waals surface area contributed by atoms with E-state index in [2.05, 4.69) is 24.1 Å². The van der Waals surface area contributed by atoms with Gasteiger partial charge >= 0.3 is 0 Å². The molecule has 1 unspecified atom stereocenters. The maximum atomic E-state index is 12.4. The predicted octanol–water partition coefficient (Wildman–Crippen LogP) is 3.53. The number of benzene rings is 2. The van der Waals surface area contributed by atoms with E-state index in [-0.39, 0.29) is 12.0 Å². The van der Waals surface area contributed by atoms with Gasteiger partial charge < -0.3 is 10.4 Å². The third kappa shape index (κ3) is 5.48. The summed E-state index contributed by atoms with van der Waals surface area (Å²) >= 11 is 0. The zero-order valence-corrected chi connectivity index (χ0v) is 14.6. The van der Waals surface area contributed by atoms with E-state index in [0.29, 0.717) is 24.7 Å². The van der Waals surface area contributed by atoms with E-state index in [9.17, 15) is 9.90 Å². The largest absolute Gasteiger partial charge is 0.392 e. The second-order valence-corrected chi connectivity index (χ2v) is 6.39. The monoisotopic (exact) mass is 326 g/mol. The van der Waals surface area contributed by atoms with Gasteiger partial charge in [0.25, 0.3) is 5.91 Å². The van der Waals surface area contributed by atoms with Crippen LogP contribution in [-0.2, 0) is 6.54 Å². The van der Waals surface area contributed by atoms with Crippen LogP contribution in [-0.4, -0.2) is 34.6 Å². The first-order valence-electron chi connectivity index (χ1n) is 8.33. The third-order valence-electron chi connectivity index (χ3n) is 3.84. The maximum absolute atomic E-state index is 12.4. The number of nitrogens with zero attached hydrogens (tertiary/aromatic N) is 1. The van der Waals surface area contributed by atoms with E-state index < -0.39 is 0 Å². The lowest BCUT2D eigenvalue weighted by Crippen LogP contribution is -2.36. The average Bonchev–Trinajstić information content (AvgIpc) is 2.55. The fraction of sp³-hybridized carbons (Fsp3) is 0.350. The number of aliphatic hydroxyl groups excluding tert-OH is 1. The van der Waals surface area contributed by atoms with Crippen molar-refractivity contribution in [2.75, 3.05) is 11.9 Å². The number of para-hydroxylation sites is 1. The highest BCUT2D eigenvalue weighted by atomic mass is 16.3. The van der Waals surface area contributed by atoms with Crippen LogP contribution in [0.15, 0.2) is 54.6 Å². The Morgan fingerprint density at radius 2 is 1.79 bits per heavy atom. The lowest BCUT2D eigenvalue weighted by molar-refractivity contribution is 0.101. The smallest absolute Gasteiger partial charge is 0.255 e. The van der Waals surface area contributed by atoms with Gasteiger partial charge in [-0.2, -0.15) is 0 Å². The molecule has 0 aliphatic heterocycles. The number of nitrogens with one attached hydrogen (secondary N) is 1. The molecule has 4 heteroatoms. The molecule has 0 fully saturated rings.